The van der Waals surface area contributed by atoms with E-state index in [1.54, 1.807) is 24.3 Å². The number of rotatable bonds is 2. The topological polar surface area (TPSA) is 124 Å². The van der Waals surface area contributed by atoms with E-state index in [1.165, 1.54) is 24.3 Å². The highest BCUT2D eigenvalue weighted by Crippen LogP contribution is 2.13. The van der Waals surface area contributed by atoms with Crippen LogP contribution in [0.4, 0.5) is 11.4 Å². The summed E-state index contributed by atoms with van der Waals surface area (Å²) in [5, 5.41) is 10.1. The van der Waals surface area contributed by atoms with Crippen molar-refractivity contribution >= 4 is 21.5 Å². The van der Waals surface area contributed by atoms with Gasteiger partial charge in [0.25, 0.3) is 15.8 Å². The first kappa shape index (κ1) is 16.6. The Hall–Kier alpha value is -2.45. The summed E-state index contributed by atoms with van der Waals surface area (Å²) in [6.45, 7) is 1.84. The van der Waals surface area contributed by atoms with Gasteiger partial charge in [-0.3, -0.25) is 14.7 Å². The quantitative estimate of drug-likeness (QED) is 0.380. The number of aryl methyl sites for hydroxylation is 1. The number of nitrogens with zero attached hydrogens (tertiary/aromatic N) is 1. The Morgan fingerprint density at radius 1 is 1.14 bits per heavy atom. The molecule has 0 aliphatic heterocycles. The van der Waals surface area contributed by atoms with Crippen LogP contribution in [0.25, 0.3) is 0 Å². The molecule has 0 aliphatic rings. The molecule has 0 unspecified atom stereocenters. The smallest absolute Gasteiger partial charge is 0.294 e. The Kier molecular flexibility index (Phi) is 5.39. The highest BCUT2D eigenvalue weighted by atomic mass is 32.2. The van der Waals surface area contributed by atoms with E-state index in [-0.39, 0.29) is 10.6 Å². The van der Waals surface area contributed by atoms with Gasteiger partial charge in [0.15, 0.2) is 0 Å². The van der Waals surface area contributed by atoms with Gasteiger partial charge in [-0.05, 0) is 25.1 Å². The first-order valence-corrected chi connectivity index (χ1v) is 7.18. The molecule has 0 atom stereocenters. The zero-order valence-corrected chi connectivity index (χ0v) is 11.9. The second kappa shape index (κ2) is 6.82. The molecule has 7 nitrogen and oxygen atoms in total. The Bertz CT molecular complexity index is 726. The van der Waals surface area contributed by atoms with Crippen LogP contribution in [0.1, 0.15) is 5.56 Å². The van der Waals surface area contributed by atoms with Crippen molar-refractivity contribution in [1.29, 1.82) is 0 Å². The van der Waals surface area contributed by atoms with Gasteiger partial charge in [-0.25, -0.2) is 0 Å². The van der Waals surface area contributed by atoms with Crippen molar-refractivity contribution in [1.82, 2.24) is 0 Å². The van der Waals surface area contributed by atoms with Gasteiger partial charge in [0.05, 0.1) is 9.82 Å². The number of nitro groups is 1. The van der Waals surface area contributed by atoms with E-state index in [1.807, 2.05) is 6.92 Å². The van der Waals surface area contributed by atoms with Crippen molar-refractivity contribution in [3.8, 4) is 0 Å². The molecule has 0 spiro atoms. The van der Waals surface area contributed by atoms with E-state index in [0.29, 0.717) is 5.69 Å². The summed E-state index contributed by atoms with van der Waals surface area (Å²) in [5.74, 6) is 0. The summed E-state index contributed by atoms with van der Waals surface area (Å²) in [6.07, 6.45) is 0. The standard InChI is InChI=1S/C7H8O3S.C6H6N2O2/c1-6-2-4-7(5-3-6)11(8,9)10;7-5-2-1-3-6(4-5)8(9)10/h2-5H,1H3,(H,8,9,10);1-4H,7H2. The number of non-ortho nitro benzene ring substituents is 1. The summed E-state index contributed by atoms with van der Waals surface area (Å²) in [5.41, 5.74) is 6.69. The fraction of sp³-hybridized carbons (Fsp3) is 0.0769. The molecule has 0 amide bonds. The van der Waals surface area contributed by atoms with Crippen LogP contribution < -0.4 is 5.73 Å². The summed E-state index contributed by atoms with van der Waals surface area (Å²) < 4.78 is 29.6. The maximum Gasteiger partial charge on any atom is 0.294 e. The number of anilines is 1. The molecule has 0 bridgehead atoms. The van der Waals surface area contributed by atoms with Crippen molar-refractivity contribution in [2.24, 2.45) is 0 Å². The first-order chi connectivity index (χ1) is 9.70. The second-order valence-electron chi connectivity index (χ2n) is 4.14. The number of nitro benzene ring substituents is 1. The van der Waals surface area contributed by atoms with Crippen molar-refractivity contribution in [3.05, 3.63) is 64.2 Å². The average molecular weight is 310 g/mol. The molecule has 0 saturated heterocycles. The molecule has 3 N–H and O–H groups in total. The summed E-state index contributed by atoms with van der Waals surface area (Å²) in [6, 6.07) is 11.9. The lowest BCUT2D eigenvalue weighted by Crippen LogP contribution is -1.96. The average Bonchev–Trinajstić information content (AvgIpc) is 2.39. The van der Waals surface area contributed by atoms with Gasteiger partial charge >= 0.3 is 0 Å². The zero-order valence-electron chi connectivity index (χ0n) is 11.1. The molecule has 21 heavy (non-hydrogen) atoms. The van der Waals surface area contributed by atoms with Gasteiger partial charge in [-0.2, -0.15) is 8.42 Å². The lowest BCUT2D eigenvalue weighted by Gasteiger charge is -1.95. The molecular weight excluding hydrogens is 296 g/mol. The van der Waals surface area contributed by atoms with Crippen LogP contribution in [0, 0.1) is 17.0 Å². The molecule has 0 aliphatic carbocycles. The van der Waals surface area contributed by atoms with Gasteiger partial charge in [0, 0.05) is 17.8 Å². The largest absolute Gasteiger partial charge is 0.399 e. The van der Waals surface area contributed by atoms with E-state index in [2.05, 4.69) is 0 Å². The summed E-state index contributed by atoms with van der Waals surface area (Å²) in [4.78, 5) is 9.56. The third kappa shape index (κ3) is 5.59. The number of nitrogens with two attached hydrogens (primary N) is 1. The van der Waals surface area contributed by atoms with Crippen molar-refractivity contribution in [3.63, 3.8) is 0 Å². The molecule has 8 heteroatoms. The number of hydrogen-bond donors (Lipinski definition) is 2. The molecule has 0 saturated carbocycles. The van der Waals surface area contributed by atoms with E-state index < -0.39 is 15.0 Å². The van der Waals surface area contributed by atoms with Crippen molar-refractivity contribution in [2.45, 2.75) is 11.8 Å². The van der Waals surface area contributed by atoms with Crippen LogP contribution in [0.15, 0.2) is 53.4 Å². The third-order valence-corrected chi connectivity index (χ3v) is 3.27. The maximum atomic E-state index is 10.5. The number of nitrogen functional groups attached to an aromatic ring is 1. The lowest BCUT2D eigenvalue weighted by molar-refractivity contribution is -0.384. The van der Waals surface area contributed by atoms with Crippen LogP contribution >= 0.6 is 0 Å². The molecule has 0 aromatic heterocycles. The minimum atomic E-state index is -4.02. The molecule has 2 aromatic carbocycles. The van der Waals surface area contributed by atoms with E-state index in [4.69, 9.17) is 10.3 Å². The van der Waals surface area contributed by atoms with Crippen LogP contribution in [0.2, 0.25) is 0 Å². The van der Waals surface area contributed by atoms with Crippen molar-refractivity contribution < 1.29 is 17.9 Å². The van der Waals surface area contributed by atoms with Gasteiger partial charge in [-0.1, -0.05) is 23.8 Å². The SMILES string of the molecule is Cc1ccc(S(=O)(=O)O)cc1.Nc1cccc([N+](=O)[O-])c1. The summed E-state index contributed by atoms with van der Waals surface area (Å²) >= 11 is 0. The molecular formula is C13H14N2O5S. The normalized spacial score (nSPS) is 10.4. The Morgan fingerprint density at radius 3 is 2.10 bits per heavy atom. The molecule has 2 aromatic rings. The van der Waals surface area contributed by atoms with Gasteiger partial charge in [0.2, 0.25) is 0 Å². The monoisotopic (exact) mass is 310 g/mol. The zero-order chi connectivity index (χ0) is 16.0. The van der Waals surface area contributed by atoms with E-state index in [0.717, 1.165) is 5.56 Å². The fourth-order valence-electron chi connectivity index (χ4n) is 1.35. The fourth-order valence-corrected chi connectivity index (χ4v) is 1.83. The predicted molar refractivity (Wildman–Crippen MR) is 78.5 cm³/mol. The number of hydrogen-bond acceptors (Lipinski definition) is 5. The Balaban J connectivity index is 0.000000211. The highest BCUT2D eigenvalue weighted by molar-refractivity contribution is 7.85. The minimum Gasteiger partial charge on any atom is -0.399 e. The molecule has 0 radical (unpaired) electrons. The summed E-state index contributed by atoms with van der Waals surface area (Å²) in [7, 11) is -4.02. The molecule has 0 fully saturated rings. The van der Waals surface area contributed by atoms with Crippen LogP contribution in [0.3, 0.4) is 0 Å². The molecule has 112 valence electrons. The molecule has 2 rings (SSSR count). The van der Waals surface area contributed by atoms with Crippen LogP contribution in [0.5, 0.6) is 0 Å². The second-order valence-corrected chi connectivity index (χ2v) is 5.56. The molecule has 0 heterocycles. The Morgan fingerprint density at radius 2 is 1.71 bits per heavy atom. The maximum absolute atomic E-state index is 10.5. The van der Waals surface area contributed by atoms with Crippen LogP contribution in [-0.2, 0) is 10.1 Å². The van der Waals surface area contributed by atoms with E-state index in [9.17, 15) is 18.5 Å². The van der Waals surface area contributed by atoms with E-state index >= 15 is 0 Å². The number of benzene rings is 2. The lowest BCUT2D eigenvalue weighted by atomic mass is 10.2. The minimum absolute atomic E-state index is 0.0278. The third-order valence-electron chi connectivity index (χ3n) is 2.40. The predicted octanol–water partition coefficient (Wildman–Crippen LogP) is 2.42. The van der Waals surface area contributed by atoms with Crippen molar-refractivity contribution in [2.75, 3.05) is 5.73 Å². The first-order valence-electron chi connectivity index (χ1n) is 5.74. The van der Waals surface area contributed by atoms with Crippen LogP contribution in [-0.4, -0.2) is 17.9 Å². The van der Waals surface area contributed by atoms with Gasteiger partial charge in [-0.15, -0.1) is 0 Å². The van der Waals surface area contributed by atoms with Gasteiger partial charge < -0.3 is 5.73 Å². The Labute approximate surface area is 121 Å². The highest BCUT2D eigenvalue weighted by Gasteiger charge is 2.06. The van der Waals surface area contributed by atoms with Gasteiger partial charge in [0.1, 0.15) is 0 Å².